The summed E-state index contributed by atoms with van der Waals surface area (Å²) in [6, 6.07) is 7.09. The summed E-state index contributed by atoms with van der Waals surface area (Å²) in [4.78, 5) is 11.8. The van der Waals surface area contributed by atoms with Gasteiger partial charge in [-0.2, -0.15) is 0 Å². The maximum atomic E-state index is 11.8. The van der Waals surface area contributed by atoms with Crippen LogP contribution < -0.4 is 11.1 Å². The number of aryl methyl sites for hydroxylation is 1. The number of benzene rings is 1. The fourth-order valence-electron chi connectivity index (χ4n) is 1.57. The predicted molar refractivity (Wildman–Crippen MR) is 79.5 cm³/mol. The first kappa shape index (κ1) is 17.9. The van der Waals surface area contributed by atoms with Crippen molar-refractivity contribution >= 4 is 18.3 Å². The molecule has 0 aliphatic carbocycles. The summed E-state index contributed by atoms with van der Waals surface area (Å²) in [6.07, 6.45) is 0.806. The second kappa shape index (κ2) is 9.78. The van der Waals surface area contributed by atoms with E-state index in [-0.39, 0.29) is 18.3 Å². The molecule has 4 nitrogen and oxygen atoms in total. The highest BCUT2D eigenvalue weighted by Crippen LogP contribution is 2.11. The monoisotopic (exact) mass is 286 g/mol. The molecule has 1 atom stereocenters. The normalized spacial score (nSPS) is 11.5. The van der Waals surface area contributed by atoms with E-state index in [1.165, 1.54) is 0 Å². The molecule has 0 aliphatic heterocycles. The maximum absolute atomic E-state index is 11.8. The van der Waals surface area contributed by atoms with Crippen LogP contribution in [0.15, 0.2) is 24.3 Å². The molecule has 1 aromatic carbocycles. The van der Waals surface area contributed by atoms with Gasteiger partial charge in [-0.1, -0.05) is 29.8 Å². The first-order valence-corrected chi connectivity index (χ1v) is 6.32. The van der Waals surface area contributed by atoms with Gasteiger partial charge < -0.3 is 15.8 Å². The third-order valence-corrected chi connectivity index (χ3v) is 2.69. The van der Waals surface area contributed by atoms with Gasteiger partial charge in [0.05, 0.1) is 0 Å². The number of nitrogens with two attached hydrogens (primary N) is 1. The van der Waals surface area contributed by atoms with Crippen LogP contribution in [0.25, 0.3) is 0 Å². The minimum atomic E-state index is -0.599. The van der Waals surface area contributed by atoms with Gasteiger partial charge in [0, 0.05) is 19.8 Å². The van der Waals surface area contributed by atoms with Gasteiger partial charge in [-0.25, -0.2) is 0 Å². The first-order chi connectivity index (χ1) is 8.65. The predicted octanol–water partition coefficient (Wildman–Crippen LogP) is 1.96. The summed E-state index contributed by atoms with van der Waals surface area (Å²) >= 11 is 0. The Hall–Kier alpha value is -1.10. The number of carbonyl (C=O) groups is 1. The van der Waals surface area contributed by atoms with Gasteiger partial charge in [0.15, 0.2) is 0 Å². The minimum absolute atomic E-state index is 0. The van der Waals surface area contributed by atoms with E-state index < -0.39 is 6.04 Å². The summed E-state index contributed by atoms with van der Waals surface area (Å²) in [5.41, 5.74) is 7.88. The van der Waals surface area contributed by atoms with Crippen LogP contribution in [0.4, 0.5) is 0 Å². The van der Waals surface area contributed by atoms with E-state index in [0.717, 1.165) is 17.5 Å². The molecule has 0 aliphatic rings. The molecule has 0 spiro atoms. The number of halogens is 1. The molecule has 1 aromatic rings. The molecule has 0 radical (unpaired) electrons. The van der Waals surface area contributed by atoms with E-state index in [1.807, 2.05) is 38.1 Å². The van der Waals surface area contributed by atoms with Crippen molar-refractivity contribution in [3.05, 3.63) is 35.4 Å². The van der Waals surface area contributed by atoms with Crippen molar-refractivity contribution in [3.8, 4) is 0 Å². The van der Waals surface area contributed by atoms with Crippen molar-refractivity contribution in [2.45, 2.75) is 26.3 Å². The molecule has 0 aromatic heterocycles. The number of nitrogens with one attached hydrogen (secondary N) is 1. The number of amides is 1. The molecule has 0 heterocycles. The van der Waals surface area contributed by atoms with Crippen molar-refractivity contribution in [1.82, 2.24) is 5.32 Å². The van der Waals surface area contributed by atoms with Crippen molar-refractivity contribution in [2.24, 2.45) is 5.73 Å². The summed E-state index contributed by atoms with van der Waals surface area (Å²) in [6.45, 7) is 5.92. The van der Waals surface area contributed by atoms with E-state index in [1.54, 1.807) is 0 Å². The average molecular weight is 287 g/mol. The smallest absolute Gasteiger partial charge is 0.241 e. The highest BCUT2D eigenvalue weighted by atomic mass is 35.5. The van der Waals surface area contributed by atoms with Crippen LogP contribution in [-0.2, 0) is 9.53 Å². The van der Waals surface area contributed by atoms with Gasteiger partial charge in [0.1, 0.15) is 6.04 Å². The number of rotatable bonds is 7. The SMILES string of the molecule is CCOCCCNC(=O)C(N)c1ccc(C)cc1.Cl. The quantitative estimate of drug-likeness (QED) is 0.753. The lowest BCUT2D eigenvalue weighted by Gasteiger charge is -2.12. The Bertz CT molecular complexity index is 368. The zero-order chi connectivity index (χ0) is 13.4. The lowest BCUT2D eigenvalue weighted by Crippen LogP contribution is -2.34. The highest BCUT2D eigenvalue weighted by molar-refractivity contribution is 5.85. The van der Waals surface area contributed by atoms with Gasteiger partial charge in [-0.05, 0) is 25.8 Å². The van der Waals surface area contributed by atoms with Gasteiger partial charge >= 0.3 is 0 Å². The molecule has 1 unspecified atom stereocenters. The van der Waals surface area contributed by atoms with E-state index in [2.05, 4.69) is 5.32 Å². The highest BCUT2D eigenvalue weighted by Gasteiger charge is 2.14. The molecule has 0 bridgehead atoms. The average Bonchev–Trinajstić information content (AvgIpc) is 2.38. The number of ether oxygens (including phenoxy) is 1. The van der Waals surface area contributed by atoms with Gasteiger partial charge in [-0.3, -0.25) is 4.79 Å². The van der Waals surface area contributed by atoms with Crippen LogP contribution in [0.3, 0.4) is 0 Å². The van der Waals surface area contributed by atoms with Crippen molar-refractivity contribution < 1.29 is 9.53 Å². The van der Waals surface area contributed by atoms with Crippen LogP contribution in [0.2, 0.25) is 0 Å². The summed E-state index contributed by atoms with van der Waals surface area (Å²) < 4.78 is 5.19. The molecule has 0 saturated heterocycles. The van der Waals surface area contributed by atoms with E-state index >= 15 is 0 Å². The Labute approximate surface area is 121 Å². The molecule has 3 N–H and O–H groups in total. The zero-order valence-electron chi connectivity index (χ0n) is 11.5. The van der Waals surface area contributed by atoms with Gasteiger partial charge in [0.25, 0.3) is 0 Å². The Balaban J connectivity index is 0.00000324. The summed E-state index contributed by atoms with van der Waals surface area (Å²) in [5.74, 6) is -0.143. The third kappa shape index (κ3) is 6.57. The fourth-order valence-corrected chi connectivity index (χ4v) is 1.57. The standard InChI is InChI=1S/C14H22N2O2.ClH/c1-3-18-10-4-9-16-14(17)13(15)12-7-5-11(2)6-8-12;/h5-8,13H,3-4,9-10,15H2,1-2H3,(H,16,17);1H. The van der Waals surface area contributed by atoms with Crippen LogP contribution in [0.1, 0.15) is 30.5 Å². The Morgan fingerprint density at radius 1 is 1.37 bits per heavy atom. The van der Waals surface area contributed by atoms with Gasteiger partial charge in [0.2, 0.25) is 5.91 Å². The van der Waals surface area contributed by atoms with Crippen molar-refractivity contribution in [1.29, 1.82) is 0 Å². The fraction of sp³-hybridized carbons (Fsp3) is 0.500. The van der Waals surface area contributed by atoms with Crippen LogP contribution in [0.5, 0.6) is 0 Å². The largest absolute Gasteiger partial charge is 0.382 e. The topological polar surface area (TPSA) is 64.3 Å². The molecule has 0 saturated carbocycles. The summed E-state index contributed by atoms with van der Waals surface area (Å²) in [7, 11) is 0. The van der Waals surface area contributed by atoms with Crippen LogP contribution in [0, 0.1) is 6.92 Å². The Morgan fingerprint density at radius 3 is 2.58 bits per heavy atom. The van der Waals surface area contributed by atoms with E-state index in [0.29, 0.717) is 19.8 Å². The third-order valence-electron chi connectivity index (χ3n) is 2.69. The van der Waals surface area contributed by atoms with E-state index in [9.17, 15) is 4.79 Å². The first-order valence-electron chi connectivity index (χ1n) is 6.32. The van der Waals surface area contributed by atoms with Gasteiger partial charge in [-0.15, -0.1) is 12.4 Å². The Morgan fingerprint density at radius 2 is 2.00 bits per heavy atom. The number of hydrogen-bond acceptors (Lipinski definition) is 3. The molecular weight excluding hydrogens is 264 g/mol. The molecule has 108 valence electrons. The maximum Gasteiger partial charge on any atom is 0.241 e. The summed E-state index contributed by atoms with van der Waals surface area (Å²) in [5, 5.41) is 2.81. The lowest BCUT2D eigenvalue weighted by molar-refractivity contribution is -0.122. The minimum Gasteiger partial charge on any atom is -0.382 e. The number of carbonyl (C=O) groups excluding carboxylic acids is 1. The van der Waals surface area contributed by atoms with Crippen molar-refractivity contribution in [3.63, 3.8) is 0 Å². The van der Waals surface area contributed by atoms with Crippen molar-refractivity contribution in [2.75, 3.05) is 19.8 Å². The molecule has 5 heteroatoms. The van der Waals surface area contributed by atoms with Crippen LogP contribution in [-0.4, -0.2) is 25.7 Å². The Kier molecular flexibility index (Phi) is 9.21. The lowest BCUT2D eigenvalue weighted by atomic mass is 10.1. The molecule has 19 heavy (non-hydrogen) atoms. The number of hydrogen-bond donors (Lipinski definition) is 2. The molecule has 1 amide bonds. The molecular formula is C14H23ClN2O2. The molecule has 0 fully saturated rings. The second-order valence-corrected chi connectivity index (χ2v) is 4.23. The zero-order valence-corrected chi connectivity index (χ0v) is 12.3. The second-order valence-electron chi connectivity index (χ2n) is 4.23. The van der Waals surface area contributed by atoms with E-state index in [4.69, 9.17) is 10.5 Å². The molecule has 1 rings (SSSR count). The van der Waals surface area contributed by atoms with Crippen LogP contribution >= 0.6 is 12.4 Å².